The van der Waals surface area contributed by atoms with Crippen LogP contribution < -0.4 is 10.1 Å². The van der Waals surface area contributed by atoms with E-state index in [2.05, 4.69) is 20.1 Å². The number of likely N-dealkylation sites (tertiary alicyclic amines) is 1. The van der Waals surface area contributed by atoms with E-state index in [1.807, 2.05) is 13.0 Å². The number of fused-ring (bicyclic) bond motifs is 2. The van der Waals surface area contributed by atoms with Crippen molar-refractivity contribution in [2.24, 2.45) is 5.92 Å². The Bertz CT molecular complexity index is 1090. The van der Waals surface area contributed by atoms with Crippen LogP contribution in [0, 0.1) is 12.8 Å². The molecule has 2 atom stereocenters. The van der Waals surface area contributed by atoms with Gasteiger partial charge in [-0.3, -0.25) is 19.5 Å². The number of aromatic nitrogens is 1. The lowest BCUT2D eigenvalue weighted by atomic mass is 10.0. The van der Waals surface area contributed by atoms with Crippen molar-refractivity contribution in [2.45, 2.75) is 64.1 Å². The smallest absolute Gasteiger partial charge is 0.257 e. The number of benzene rings is 1. The number of ether oxygens (including phenoxy) is 1. The van der Waals surface area contributed by atoms with Gasteiger partial charge in [0, 0.05) is 60.1 Å². The largest absolute Gasteiger partial charge is 0.494 e. The first-order valence-corrected chi connectivity index (χ1v) is 13.0. The van der Waals surface area contributed by atoms with Gasteiger partial charge in [0.2, 0.25) is 5.91 Å². The van der Waals surface area contributed by atoms with Gasteiger partial charge >= 0.3 is 0 Å². The van der Waals surface area contributed by atoms with Crippen molar-refractivity contribution in [2.75, 3.05) is 25.5 Å². The molecular formula is C27H33ClN4O3. The van der Waals surface area contributed by atoms with Gasteiger partial charge in [0.1, 0.15) is 5.75 Å². The fraction of sp³-hybridized carbons (Fsp3) is 0.519. The number of amides is 2. The minimum atomic E-state index is -0.263. The molecule has 2 aromatic rings. The molecule has 3 heterocycles. The second kappa shape index (κ2) is 10.2. The number of carbonyl (C=O) groups is 2. The van der Waals surface area contributed by atoms with Crippen molar-refractivity contribution < 1.29 is 14.3 Å². The highest BCUT2D eigenvalue weighted by atomic mass is 35.5. The third kappa shape index (κ3) is 5.02. The number of anilines is 1. The van der Waals surface area contributed by atoms with Gasteiger partial charge in [-0.2, -0.15) is 0 Å². The van der Waals surface area contributed by atoms with Crippen molar-refractivity contribution in [1.29, 1.82) is 0 Å². The molecule has 0 radical (unpaired) electrons. The van der Waals surface area contributed by atoms with Gasteiger partial charge in [0.15, 0.2) is 0 Å². The zero-order chi connectivity index (χ0) is 24.5. The van der Waals surface area contributed by atoms with Crippen molar-refractivity contribution in [1.82, 2.24) is 14.8 Å². The molecule has 2 amide bonds. The van der Waals surface area contributed by atoms with Crippen molar-refractivity contribution >= 4 is 29.1 Å². The monoisotopic (exact) mass is 496 g/mol. The van der Waals surface area contributed by atoms with Gasteiger partial charge in [-0.1, -0.05) is 24.4 Å². The maximum absolute atomic E-state index is 13.2. The number of hydrogen-bond donors (Lipinski definition) is 1. The fourth-order valence-corrected chi connectivity index (χ4v) is 6.24. The van der Waals surface area contributed by atoms with Crippen LogP contribution in [0.4, 0.5) is 5.69 Å². The summed E-state index contributed by atoms with van der Waals surface area (Å²) in [6.45, 7) is 4.23. The topological polar surface area (TPSA) is 74.8 Å². The van der Waals surface area contributed by atoms with E-state index in [-0.39, 0.29) is 23.9 Å². The lowest BCUT2D eigenvalue weighted by Gasteiger charge is -2.42. The predicted molar refractivity (Wildman–Crippen MR) is 136 cm³/mol. The Hall–Kier alpha value is -2.64. The molecule has 1 saturated carbocycles. The zero-order valence-corrected chi connectivity index (χ0v) is 21.2. The highest BCUT2D eigenvalue weighted by molar-refractivity contribution is 6.31. The highest BCUT2D eigenvalue weighted by Crippen LogP contribution is 2.38. The first kappa shape index (κ1) is 24.1. The van der Waals surface area contributed by atoms with Crippen LogP contribution in [0.1, 0.15) is 60.1 Å². The van der Waals surface area contributed by atoms with Gasteiger partial charge < -0.3 is 15.0 Å². The third-order valence-electron chi connectivity index (χ3n) is 7.67. The second-order valence-corrected chi connectivity index (χ2v) is 10.5. The molecule has 5 rings (SSSR count). The molecule has 2 unspecified atom stereocenters. The van der Waals surface area contributed by atoms with Crippen molar-refractivity contribution in [3.8, 4) is 5.75 Å². The van der Waals surface area contributed by atoms with Crippen LogP contribution in [-0.4, -0.2) is 58.9 Å². The molecule has 1 aliphatic carbocycles. The first-order valence-electron chi connectivity index (χ1n) is 12.6. The van der Waals surface area contributed by atoms with E-state index in [0.717, 1.165) is 50.0 Å². The van der Waals surface area contributed by atoms with Crippen LogP contribution in [0.15, 0.2) is 30.5 Å². The number of nitrogens with one attached hydrogen (secondary N) is 1. The van der Waals surface area contributed by atoms with E-state index >= 15 is 0 Å². The fourth-order valence-electron chi connectivity index (χ4n) is 6.00. The Morgan fingerprint density at radius 1 is 1.11 bits per heavy atom. The van der Waals surface area contributed by atoms with Crippen molar-refractivity contribution in [3.63, 3.8) is 0 Å². The summed E-state index contributed by atoms with van der Waals surface area (Å²) in [5.41, 5.74) is 2.79. The molecule has 3 aliphatic rings. The van der Waals surface area contributed by atoms with Crippen LogP contribution in [0.3, 0.4) is 0 Å². The average molecular weight is 497 g/mol. The number of pyridine rings is 1. The summed E-state index contributed by atoms with van der Waals surface area (Å²) in [7, 11) is 1.61. The summed E-state index contributed by atoms with van der Waals surface area (Å²) < 4.78 is 5.74. The van der Waals surface area contributed by atoms with E-state index < -0.39 is 0 Å². The van der Waals surface area contributed by atoms with Crippen LogP contribution in [0.2, 0.25) is 5.02 Å². The molecule has 2 aliphatic heterocycles. The zero-order valence-electron chi connectivity index (χ0n) is 20.4. The van der Waals surface area contributed by atoms with Gasteiger partial charge in [0.05, 0.1) is 18.4 Å². The van der Waals surface area contributed by atoms with E-state index in [4.69, 9.17) is 16.3 Å². The second-order valence-electron chi connectivity index (χ2n) is 10.1. The molecule has 0 spiro atoms. The molecule has 3 fully saturated rings. The average Bonchev–Trinajstić information content (AvgIpc) is 3.46. The molecule has 2 bridgehead atoms. The lowest BCUT2D eigenvalue weighted by molar-refractivity contribution is -0.141. The maximum atomic E-state index is 13.2. The number of piperazine rings is 1. The van der Waals surface area contributed by atoms with E-state index in [0.29, 0.717) is 34.5 Å². The molecule has 7 nitrogen and oxygen atoms in total. The minimum Gasteiger partial charge on any atom is -0.494 e. The van der Waals surface area contributed by atoms with Gasteiger partial charge in [-0.15, -0.1) is 0 Å². The van der Waals surface area contributed by atoms with Crippen LogP contribution in [-0.2, 0) is 11.3 Å². The Morgan fingerprint density at radius 3 is 2.46 bits per heavy atom. The molecule has 1 aromatic heterocycles. The quantitative estimate of drug-likeness (QED) is 0.629. The summed E-state index contributed by atoms with van der Waals surface area (Å²) in [6.07, 6.45) is 8.15. The summed E-state index contributed by atoms with van der Waals surface area (Å²) in [5, 5.41) is 3.48. The number of methoxy groups -OCH3 is 1. The van der Waals surface area contributed by atoms with Crippen LogP contribution in [0.25, 0.3) is 0 Å². The number of hydrogen-bond acceptors (Lipinski definition) is 5. The van der Waals surface area contributed by atoms with E-state index in [1.54, 1.807) is 31.5 Å². The first-order chi connectivity index (χ1) is 16.9. The Morgan fingerprint density at radius 2 is 1.83 bits per heavy atom. The SMILES string of the molecule is COc1c(CN2CC3CCC(C2)N3C(=O)C2CCCC2)cc(Cl)cc1NC(=O)c1ccc(C)nc1. The number of nitrogens with zero attached hydrogens (tertiary/aromatic N) is 3. The summed E-state index contributed by atoms with van der Waals surface area (Å²) in [6, 6.07) is 7.73. The van der Waals surface area contributed by atoms with E-state index in [1.165, 1.54) is 12.8 Å². The Kier molecular flexibility index (Phi) is 6.98. The molecule has 2 saturated heterocycles. The molecule has 8 heteroatoms. The van der Waals surface area contributed by atoms with Crippen LogP contribution >= 0.6 is 11.6 Å². The maximum Gasteiger partial charge on any atom is 0.257 e. The number of aryl methyl sites for hydroxylation is 1. The summed E-state index contributed by atoms with van der Waals surface area (Å²) >= 11 is 6.46. The minimum absolute atomic E-state index is 0.229. The Balaban J connectivity index is 1.31. The van der Waals surface area contributed by atoms with Gasteiger partial charge in [0.25, 0.3) is 5.91 Å². The molecule has 35 heavy (non-hydrogen) atoms. The lowest BCUT2D eigenvalue weighted by Crippen LogP contribution is -2.56. The third-order valence-corrected chi connectivity index (χ3v) is 7.89. The standard InChI is InChI=1S/C27H33ClN4O3/c1-17-7-8-19(13-29-17)26(33)30-24-12-21(28)11-20(25(24)35-2)14-31-15-22-9-10-23(16-31)32(22)27(34)18-5-3-4-6-18/h7-8,11-13,18,22-23H,3-6,9-10,14-16H2,1-2H3,(H,30,33). The van der Waals surface area contributed by atoms with Gasteiger partial charge in [-0.25, -0.2) is 0 Å². The van der Waals surface area contributed by atoms with Gasteiger partial charge in [-0.05, 0) is 56.9 Å². The highest BCUT2D eigenvalue weighted by Gasteiger charge is 2.44. The molecule has 1 N–H and O–H groups in total. The van der Waals surface area contributed by atoms with Crippen LogP contribution in [0.5, 0.6) is 5.75 Å². The number of carbonyl (C=O) groups excluding carboxylic acids is 2. The summed E-state index contributed by atoms with van der Waals surface area (Å²) in [5.74, 6) is 0.957. The number of halogens is 1. The molecule has 1 aromatic carbocycles. The Labute approximate surface area is 211 Å². The van der Waals surface area contributed by atoms with E-state index in [9.17, 15) is 9.59 Å². The molecular weight excluding hydrogens is 464 g/mol. The molecule has 186 valence electrons. The van der Waals surface area contributed by atoms with Crippen molar-refractivity contribution in [3.05, 3.63) is 52.3 Å². The normalized spacial score (nSPS) is 22.4. The number of rotatable bonds is 6. The summed E-state index contributed by atoms with van der Waals surface area (Å²) in [4.78, 5) is 34.8. The predicted octanol–water partition coefficient (Wildman–Crippen LogP) is 4.67.